The van der Waals surface area contributed by atoms with Crippen LogP contribution in [0.15, 0.2) is 65.6 Å². The summed E-state index contributed by atoms with van der Waals surface area (Å²) in [5, 5.41) is 13.6. The van der Waals surface area contributed by atoms with Gasteiger partial charge in [0.25, 0.3) is 15.8 Å². The molecule has 0 atom stereocenters. The molecule has 164 valence electrons. The standard InChI is InChI=1S/C23H19NO7S/c1-30-22-18-5-3-4-6-19(18)23(31-2)21-15(12-17(13-20(21)22)32(27,28)29)11-14-7-9-16(10-8-14)24(25)26/h3-10,12-13H,11H2,1-2H3,(H,27,28,29). The maximum atomic E-state index is 12.0. The Balaban J connectivity index is 2.08. The number of nitro groups is 1. The number of fused-ring (bicyclic) bond motifs is 2. The van der Waals surface area contributed by atoms with Crippen molar-refractivity contribution in [2.24, 2.45) is 0 Å². The summed E-state index contributed by atoms with van der Waals surface area (Å²) < 4.78 is 45.2. The van der Waals surface area contributed by atoms with Gasteiger partial charge in [-0.1, -0.05) is 36.4 Å². The molecule has 0 amide bonds. The first-order valence-corrected chi connectivity index (χ1v) is 11.0. The molecule has 32 heavy (non-hydrogen) atoms. The van der Waals surface area contributed by atoms with Crippen LogP contribution in [0.1, 0.15) is 11.1 Å². The molecule has 0 aliphatic carbocycles. The molecular weight excluding hydrogens is 434 g/mol. The minimum absolute atomic E-state index is 0.0458. The summed E-state index contributed by atoms with van der Waals surface area (Å²) >= 11 is 0. The molecule has 0 heterocycles. The van der Waals surface area contributed by atoms with E-state index >= 15 is 0 Å². The fourth-order valence-corrected chi connectivity index (χ4v) is 4.51. The van der Waals surface area contributed by atoms with E-state index in [1.54, 1.807) is 12.1 Å². The largest absolute Gasteiger partial charge is 0.495 e. The second kappa shape index (κ2) is 8.10. The van der Waals surface area contributed by atoms with E-state index in [1.165, 1.54) is 38.5 Å². The second-order valence-electron chi connectivity index (χ2n) is 7.19. The van der Waals surface area contributed by atoms with Crippen LogP contribution in [0.4, 0.5) is 5.69 Å². The van der Waals surface area contributed by atoms with Crippen LogP contribution < -0.4 is 9.47 Å². The fourth-order valence-electron chi connectivity index (χ4n) is 3.95. The molecule has 0 unspecified atom stereocenters. The zero-order valence-electron chi connectivity index (χ0n) is 17.2. The van der Waals surface area contributed by atoms with Gasteiger partial charge >= 0.3 is 0 Å². The van der Waals surface area contributed by atoms with Gasteiger partial charge in [-0.2, -0.15) is 8.42 Å². The molecule has 0 aliphatic rings. The lowest BCUT2D eigenvalue weighted by Crippen LogP contribution is -2.03. The minimum Gasteiger partial charge on any atom is -0.495 e. The maximum absolute atomic E-state index is 12.0. The molecule has 0 saturated carbocycles. The molecule has 0 bridgehead atoms. The second-order valence-corrected chi connectivity index (χ2v) is 8.61. The van der Waals surface area contributed by atoms with Gasteiger partial charge in [-0.05, 0) is 29.7 Å². The lowest BCUT2D eigenvalue weighted by molar-refractivity contribution is -0.384. The molecular formula is C23H19NO7S. The number of ether oxygens (including phenoxy) is 2. The number of hydrogen-bond donors (Lipinski definition) is 1. The van der Waals surface area contributed by atoms with Gasteiger partial charge in [-0.15, -0.1) is 0 Å². The Hall–Kier alpha value is -3.69. The van der Waals surface area contributed by atoms with Crippen LogP contribution in [0, 0.1) is 10.1 Å². The maximum Gasteiger partial charge on any atom is 0.294 e. The van der Waals surface area contributed by atoms with Crippen molar-refractivity contribution in [2.45, 2.75) is 11.3 Å². The van der Waals surface area contributed by atoms with E-state index in [2.05, 4.69) is 0 Å². The van der Waals surface area contributed by atoms with Crippen molar-refractivity contribution < 1.29 is 27.4 Å². The molecule has 9 heteroatoms. The third kappa shape index (κ3) is 3.72. The Morgan fingerprint density at radius 2 is 1.50 bits per heavy atom. The number of rotatable bonds is 6. The van der Waals surface area contributed by atoms with E-state index in [4.69, 9.17) is 9.47 Å². The van der Waals surface area contributed by atoms with Crippen molar-refractivity contribution in [3.05, 3.63) is 81.9 Å². The number of nitro benzene ring substituents is 1. The highest BCUT2D eigenvalue weighted by Gasteiger charge is 2.22. The summed E-state index contributed by atoms with van der Waals surface area (Å²) in [5.41, 5.74) is 1.24. The highest BCUT2D eigenvalue weighted by molar-refractivity contribution is 7.85. The molecule has 1 N–H and O–H groups in total. The highest BCUT2D eigenvalue weighted by Crippen LogP contribution is 2.45. The van der Waals surface area contributed by atoms with Crippen molar-refractivity contribution >= 4 is 37.4 Å². The van der Waals surface area contributed by atoms with Crippen LogP contribution in [0.5, 0.6) is 11.5 Å². The van der Waals surface area contributed by atoms with E-state index in [9.17, 15) is 23.1 Å². The van der Waals surface area contributed by atoms with Crippen LogP contribution in [-0.4, -0.2) is 32.1 Å². The smallest absolute Gasteiger partial charge is 0.294 e. The van der Waals surface area contributed by atoms with Crippen LogP contribution in [0.25, 0.3) is 21.5 Å². The Labute approximate surface area is 183 Å². The number of benzene rings is 4. The van der Waals surface area contributed by atoms with Crippen molar-refractivity contribution in [3.63, 3.8) is 0 Å². The molecule has 0 aliphatic heterocycles. The van der Waals surface area contributed by atoms with Gasteiger partial charge in [-0.3, -0.25) is 14.7 Å². The average Bonchev–Trinajstić information content (AvgIpc) is 2.77. The van der Waals surface area contributed by atoms with Gasteiger partial charge in [0, 0.05) is 33.7 Å². The fraction of sp³-hybridized carbons (Fsp3) is 0.130. The first-order valence-electron chi connectivity index (χ1n) is 9.54. The Morgan fingerprint density at radius 3 is 2.03 bits per heavy atom. The predicted molar refractivity (Wildman–Crippen MR) is 120 cm³/mol. The molecule has 4 rings (SSSR count). The van der Waals surface area contributed by atoms with Crippen LogP contribution in [-0.2, 0) is 16.5 Å². The normalized spacial score (nSPS) is 11.6. The number of hydrogen-bond acceptors (Lipinski definition) is 6. The first-order chi connectivity index (χ1) is 15.2. The Kier molecular flexibility index (Phi) is 5.45. The number of nitrogens with zero attached hydrogens (tertiary/aromatic N) is 1. The molecule has 0 aromatic heterocycles. The van der Waals surface area contributed by atoms with Crippen LogP contribution in [0.2, 0.25) is 0 Å². The topological polar surface area (TPSA) is 116 Å². The highest BCUT2D eigenvalue weighted by atomic mass is 32.2. The van der Waals surface area contributed by atoms with E-state index in [0.717, 1.165) is 16.3 Å². The minimum atomic E-state index is -4.51. The van der Waals surface area contributed by atoms with Crippen molar-refractivity contribution in [2.75, 3.05) is 14.2 Å². The molecule has 0 radical (unpaired) electrons. The quantitative estimate of drug-likeness (QED) is 0.194. The summed E-state index contributed by atoms with van der Waals surface area (Å²) in [6.07, 6.45) is 0.246. The Bertz CT molecular complexity index is 1460. The van der Waals surface area contributed by atoms with Gasteiger partial charge < -0.3 is 9.47 Å². The van der Waals surface area contributed by atoms with Crippen LogP contribution >= 0.6 is 0 Å². The van der Waals surface area contributed by atoms with Crippen molar-refractivity contribution in [1.29, 1.82) is 0 Å². The first kappa shape index (κ1) is 21.5. The lowest BCUT2D eigenvalue weighted by atomic mass is 9.93. The molecule has 4 aromatic carbocycles. The number of non-ortho nitro benzene ring substituents is 1. The summed E-state index contributed by atoms with van der Waals surface area (Å²) in [4.78, 5) is 10.2. The van der Waals surface area contributed by atoms with Gasteiger partial charge in [-0.25, -0.2) is 0 Å². The summed E-state index contributed by atoms with van der Waals surface area (Å²) in [6.45, 7) is 0. The summed E-state index contributed by atoms with van der Waals surface area (Å²) in [7, 11) is -1.49. The van der Waals surface area contributed by atoms with E-state index < -0.39 is 15.0 Å². The lowest BCUT2D eigenvalue weighted by Gasteiger charge is -2.18. The molecule has 0 saturated heterocycles. The van der Waals surface area contributed by atoms with Crippen LogP contribution in [0.3, 0.4) is 0 Å². The molecule has 8 nitrogen and oxygen atoms in total. The van der Waals surface area contributed by atoms with Gasteiger partial charge in [0.2, 0.25) is 0 Å². The molecule has 4 aromatic rings. The van der Waals surface area contributed by atoms with Gasteiger partial charge in [0.1, 0.15) is 11.5 Å². The zero-order chi connectivity index (χ0) is 23.0. The van der Waals surface area contributed by atoms with E-state index in [1.807, 2.05) is 24.3 Å². The van der Waals surface area contributed by atoms with E-state index in [0.29, 0.717) is 27.8 Å². The van der Waals surface area contributed by atoms with Gasteiger partial charge in [0.05, 0.1) is 24.0 Å². The zero-order valence-corrected chi connectivity index (χ0v) is 18.0. The molecule has 0 fully saturated rings. The van der Waals surface area contributed by atoms with Gasteiger partial charge in [0.15, 0.2) is 0 Å². The SMILES string of the molecule is COc1c2ccccc2c(OC)c2c(Cc3ccc([N+](=O)[O-])cc3)cc(S(=O)(=O)O)cc12. The van der Waals surface area contributed by atoms with Crippen molar-refractivity contribution in [1.82, 2.24) is 0 Å². The average molecular weight is 453 g/mol. The predicted octanol–water partition coefficient (Wildman–Crippen LogP) is 4.76. The van der Waals surface area contributed by atoms with E-state index in [-0.39, 0.29) is 17.0 Å². The molecule has 0 spiro atoms. The Morgan fingerprint density at radius 1 is 0.906 bits per heavy atom. The summed E-state index contributed by atoms with van der Waals surface area (Å²) in [6, 6.07) is 16.1. The third-order valence-corrected chi connectivity index (χ3v) is 6.16. The third-order valence-electron chi connectivity index (χ3n) is 5.33. The van der Waals surface area contributed by atoms with Crippen molar-refractivity contribution in [3.8, 4) is 11.5 Å². The number of methoxy groups -OCH3 is 2. The monoisotopic (exact) mass is 453 g/mol. The summed E-state index contributed by atoms with van der Waals surface area (Å²) in [5.74, 6) is 0.988.